The fraction of sp³-hybridized carbons (Fsp3) is 0.121. The van der Waals surface area contributed by atoms with Crippen molar-refractivity contribution in [3.8, 4) is 11.4 Å². The van der Waals surface area contributed by atoms with Crippen molar-refractivity contribution < 1.29 is 4.74 Å². The number of aliphatic imine (C=N–C) groups is 2. The monoisotopic (exact) mass is 524 g/mol. The molecule has 4 aromatic carbocycles. The van der Waals surface area contributed by atoms with Gasteiger partial charge >= 0.3 is 0 Å². The lowest BCUT2D eigenvalue weighted by molar-refractivity contribution is 0.415. The second-order valence-corrected chi connectivity index (χ2v) is 9.99. The summed E-state index contributed by atoms with van der Waals surface area (Å²) in [6.45, 7) is 4.16. The molecule has 2 aliphatic rings. The summed E-state index contributed by atoms with van der Waals surface area (Å²) >= 11 is 0. The molecule has 0 radical (unpaired) electrons. The van der Waals surface area contributed by atoms with Crippen LogP contribution in [0, 0.1) is 13.8 Å². The molecule has 0 bridgehead atoms. The number of aryl methyl sites for hydroxylation is 2. The smallest absolute Gasteiger partial charge is 0.179 e. The first-order chi connectivity index (χ1) is 19.6. The summed E-state index contributed by atoms with van der Waals surface area (Å²) in [4.78, 5) is 12.7. The maximum atomic E-state index is 5.36. The van der Waals surface area contributed by atoms with Gasteiger partial charge in [0.15, 0.2) is 17.5 Å². The Morgan fingerprint density at radius 2 is 1.50 bits per heavy atom. The summed E-state index contributed by atoms with van der Waals surface area (Å²) < 4.78 is 7.31. The Labute approximate surface area is 233 Å². The van der Waals surface area contributed by atoms with E-state index in [0.29, 0.717) is 5.84 Å². The van der Waals surface area contributed by atoms with Gasteiger partial charge in [0.05, 0.1) is 35.9 Å². The molecule has 7 rings (SSSR count). The normalized spacial score (nSPS) is 15.4. The van der Waals surface area contributed by atoms with Crippen LogP contribution in [0.1, 0.15) is 28.4 Å². The third-order valence-corrected chi connectivity index (χ3v) is 7.38. The number of benzene rings is 4. The van der Waals surface area contributed by atoms with Crippen LogP contribution in [0.3, 0.4) is 0 Å². The van der Waals surface area contributed by atoms with Gasteiger partial charge in [-0.25, -0.2) is 14.7 Å². The van der Waals surface area contributed by atoms with Crippen molar-refractivity contribution in [2.75, 3.05) is 17.3 Å². The zero-order chi connectivity index (χ0) is 27.2. The van der Waals surface area contributed by atoms with Crippen LogP contribution < -0.4 is 15.0 Å². The van der Waals surface area contributed by atoms with Gasteiger partial charge in [0.1, 0.15) is 5.75 Å². The van der Waals surface area contributed by atoms with Crippen molar-refractivity contribution in [1.82, 2.24) is 9.78 Å². The average Bonchev–Trinajstić information content (AvgIpc) is 3.33. The summed E-state index contributed by atoms with van der Waals surface area (Å²) in [5, 5.41) is 8.56. The molecule has 5 aromatic rings. The van der Waals surface area contributed by atoms with Crippen molar-refractivity contribution in [2.24, 2.45) is 9.98 Å². The van der Waals surface area contributed by atoms with Crippen molar-refractivity contribution in [2.45, 2.75) is 19.9 Å². The summed E-state index contributed by atoms with van der Waals surface area (Å²) in [5.74, 6) is 3.02. The molecular weight excluding hydrogens is 496 g/mol. The number of nitrogens with one attached hydrogen (secondary N) is 1. The second kappa shape index (κ2) is 9.54. The van der Waals surface area contributed by atoms with E-state index in [9.17, 15) is 0 Å². The van der Waals surface area contributed by atoms with Crippen LogP contribution in [0.2, 0.25) is 0 Å². The Bertz CT molecular complexity index is 1770. The number of rotatable bonds is 4. The molecule has 1 N–H and O–H groups in total. The molecular formula is C33H28N6O. The van der Waals surface area contributed by atoms with E-state index in [1.54, 1.807) is 7.11 Å². The van der Waals surface area contributed by atoms with Gasteiger partial charge < -0.3 is 15.0 Å². The minimum Gasteiger partial charge on any atom is -0.497 e. The maximum absolute atomic E-state index is 5.36. The number of ether oxygens (including phenoxy) is 1. The maximum Gasteiger partial charge on any atom is 0.179 e. The lowest BCUT2D eigenvalue weighted by Gasteiger charge is -2.40. The predicted molar refractivity (Wildman–Crippen MR) is 161 cm³/mol. The van der Waals surface area contributed by atoms with Crippen LogP contribution in [0.25, 0.3) is 5.69 Å². The fourth-order valence-corrected chi connectivity index (χ4v) is 5.43. The SMILES string of the molecule is COc1ccc(NC2=Nc3ccccc3N3C2=Nc2c(c(C)nn2-c2ccc(C)cc2)[C@H]3c2ccccc2)cc1. The number of hydrogen-bond acceptors (Lipinski definition) is 6. The molecule has 0 fully saturated rings. The third-order valence-electron chi connectivity index (χ3n) is 7.38. The van der Waals surface area contributed by atoms with E-state index in [4.69, 9.17) is 19.8 Å². The first-order valence-electron chi connectivity index (χ1n) is 13.3. The number of amidine groups is 2. The molecule has 1 atom stereocenters. The molecule has 7 nitrogen and oxygen atoms in total. The molecule has 2 aliphatic heterocycles. The summed E-state index contributed by atoms with van der Waals surface area (Å²) in [6.07, 6.45) is 0. The van der Waals surface area contributed by atoms with Crippen LogP contribution in [0.5, 0.6) is 5.75 Å². The van der Waals surface area contributed by atoms with E-state index in [1.165, 1.54) is 5.56 Å². The van der Waals surface area contributed by atoms with Gasteiger partial charge in [-0.1, -0.05) is 60.2 Å². The van der Waals surface area contributed by atoms with Gasteiger partial charge in [-0.05, 0) is 67.9 Å². The van der Waals surface area contributed by atoms with Crippen LogP contribution in [0.4, 0.5) is 22.9 Å². The molecule has 0 saturated carbocycles. The van der Waals surface area contributed by atoms with Gasteiger partial charge in [-0.3, -0.25) is 0 Å². The number of hydrogen-bond donors (Lipinski definition) is 1. The third kappa shape index (κ3) is 3.94. The van der Waals surface area contributed by atoms with E-state index in [2.05, 4.69) is 78.7 Å². The largest absolute Gasteiger partial charge is 0.497 e. The van der Waals surface area contributed by atoms with Gasteiger partial charge in [0.2, 0.25) is 0 Å². The van der Waals surface area contributed by atoms with Gasteiger partial charge in [0.25, 0.3) is 0 Å². The van der Waals surface area contributed by atoms with Crippen molar-refractivity contribution in [3.63, 3.8) is 0 Å². The van der Waals surface area contributed by atoms with E-state index >= 15 is 0 Å². The van der Waals surface area contributed by atoms with Crippen molar-refractivity contribution in [1.29, 1.82) is 0 Å². The van der Waals surface area contributed by atoms with Gasteiger partial charge in [-0.2, -0.15) is 5.10 Å². The Hall–Kier alpha value is -5.17. The van der Waals surface area contributed by atoms with Gasteiger partial charge in [-0.15, -0.1) is 0 Å². The first kappa shape index (κ1) is 23.9. The minimum absolute atomic E-state index is 0.146. The number of nitrogens with zero attached hydrogens (tertiary/aromatic N) is 5. The average molecular weight is 525 g/mol. The molecule has 0 amide bonds. The Morgan fingerprint density at radius 1 is 0.775 bits per heavy atom. The lowest BCUT2D eigenvalue weighted by atomic mass is 9.93. The van der Waals surface area contributed by atoms with E-state index in [1.807, 2.05) is 53.2 Å². The topological polar surface area (TPSA) is 67.0 Å². The highest BCUT2D eigenvalue weighted by atomic mass is 16.5. The van der Waals surface area contributed by atoms with E-state index in [0.717, 1.165) is 57.0 Å². The highest BCUT2D eigenvalue weighted by Gasteiger charge is 2.41. The predicted octanol–water partition coefficient (Wildman–Crippen LogP) is 7.29. The van der Waals surface area contributed by atoms with Crippen molar-refractivity contribution >= 4 is 34.6 Å². The number of methoxy groups -OCH3 is 1. The van der Waals surface area contributed by atoms with Crippen LogP contribution in [0.15, 0.2) is 113 Å². The van der Waals surface area contributed by atoms with E-state index in [-0.39, 0.29) is 6.04 Å². The summed E-state index contributed by atoms with van der Waals surface area (Å²) in [6, 6.07) is 34.8. The molecule has 0 unspecified atom stereocenters. The molecule has 196 valence electrons. The second-order valence-electron chi connectivity index (χ2n) is 9.99. The zero-order valence-corrected chi connectivity index (χ0v) is 22.5. The van der Waals surface area contributed by atoms with Crippen LogP contribution in [-0.4, -0.2) is 28.6 Å². The first-order valence-corrected chi connectivity index (χ1v) is 13.3. The minimum atomic E-state index is -0.146. The number of anilines is 2. The Kier molecular flexibility index (Phi) is 5.70. The standard InChI is InChI=1S/C33H28N6O/c1-21-13-17-25(18-14-21)39-32-29(22(2)37-39)30(23-9-5-4-6-10-23)38-28-12-8-7-11-27(28)35-31(33(38)36-32)34-24-15-19-26(40-3)20-16-24/h4-20,30H,1-3H3,(H,34,35)/t30-/m1/s1. The molecule has 0 saturated heterocycles. The number of para-hydroxylation sites is 2. The Balaban J connectivity index is 1.47. The lowest BCUT2D eigenvalue weighted by Crippen LogP contribution is -2.46. The summed E-state index contributed by atoms with van der Waals surface area (Å²) in [5.41, 5.74) is 8.12. The van der Waals surface area contributed by atoms with E-state index < -0.39 is 0 Å². The molecule has 1 aromatic heterocycles. The molecule has 7 heteroatoms. The molecule has 40 heavy (non-hydrogen) atoms. The summed E-state index contributed by atoms with van der Waals surface area (Å²) in [7, 11) is 1.67. The number of aromatic nitrogens is 2. The quantitative estimate of drug-likeness (QED) is 0.268. The molecule has 3 heterocycles. The van der Waals surface area contributed by atoms with Crippen LogP contribution in [-0.2, 0) is 0 Å². The molecule has 0 spiro atoms. The van der Waals surface area contributed by atoms with Crippen molar-refractivity contribution in [3.05, 3.63) is 126 Å². The Morgan fingerprint density at radius 3 is 2.25 bits per heavy atom. The zero-order valence-electron chi connectivity index (χ0n) is 22.5. The highest BCUT2D eigenvalue weighted by molar-refractivity contribution is 6.51. The molecule has 0 aliphatic carbocycles. The van der Waals surface area contributed by atoms with Crippen LogP contribution >= 0.6 is 0 Å². The number of fused-ring (bicyclic) bond motifs is 4. The fourth-order valence-electron chi connectivity index (χ4n) is 5.43. The highest BCUT2D eigenvalue weighted by Crippen LogP contribution is 2.48. The van der Waals surface area contributed by atoms with Gasteiger partial charge in [0, 0.05) is 11.3 Å².